The van der Waals surface area contributed by atoms with Gasteiger partial charge in [-0.05, 0) is 31.1 Å². The third-order valence-electron chi connectivity index (χ3n) is 3.20. The molecule has 0 aromatic heterocycles. The monoisotopic (exact) mass is 327 g/mol. The van der Waals surface area contributed by atoms with Crippen LogP contribution in [-0.2, 0) is 19.7 Å². The molecule has 1 heterocycles. The van der Waals surface area contributed by atoms with Crippen LogP contribution in [0.1, 0.15) is 11.1 Å². The van der Waals surface area contributed by atoms with Crippen molar-refractivity contribution in [1.82, 2.24) is 4.47 Å². The molecule has 0 unspecified atom stereocenters. The first-order valence-corrected chi connectivity index (χ1v) is 7.94. The van der Waals surface area contributed by atoms with Gasteiger partial charge in [0.15, 0.2) is 6.61 Å². The Kier molecular flexibility index (Phi) is 4.55. The minimum Gasteiger partial charge on any atom is -0.481 e. The number of aryl methyl sites for hydroxylation is 1. The zero-order valence-corrected chi connectivity index (χ0v) is 13.1. The number of aliphatic carboxylic acids is 1. The van der Waals surface area contributed by atoms with Gasteiger partial charge in [-0.3, -0.25) is 4.84 Å². The molecule has 0 radical (unpaired) electrons. The smallest absolute Gasteiger partial charge is 0.341 e. The van der Waals surface area contributed by atoms with Crippen molar-refractivity contribution in [2.45, 2.75) is 18.7 Å². The summed E-state index contributed by atoms with van der Waals surface area (Å²) >= 11 is 0. The number of hydroxylamine groups is 1. The van der Waals surface area contributed by atoms with Gasteiger partial charge >= 0.3 is 5.97 Å². The number of benzene rings is 1. The number of rotatable bonds is 5. The van der Waals surface area contributed by atoms with Gasteiger partial charge in [-0.1, -0.05) is 17.1 Å². The highest BCUT2D eigenvalue weighted by molar-refractivity contribution is 7.89. The summed E-state index contributed by atoms with van der Waals surface area (Å²) in [6.45, 7) is 6.70. The van der Waals surface area contributed by atoms with Crippen LogP contribution >= 0.6 is 0 Å². The molecule has 22 heavy (non-hydrogen) atoms. The first kappa shape index (κ1) is 16.5. The van der Waals surface area contributed by atoms with E-state index in [4.69, 9.17) is 14.7 Å². The van der Waals surface area contributed by atoms with Crippen LogP contribution in [0.2, 0.25) is 0 Å². The third-order valence-corrected chi connectivity index (χ3v) is 4.97. The molecule has 1 aliphatic heterocycles. The van der Waals surface area contributed by atoms with Crippen LogP contribution in [0.5, 0.6) is 5.75 Å². The lowest BCUT2D eigenvalue weighted by atomic mass is 10.1. The van der Waals surface area contributed by atoms with Gasteiger partial charge in [0.2, 0.25) is 0 Å². The second-order valence-electron chi connectivity index (χ2n) is 5.01. The molecule has 0 atom stereocenters. The van der Waals surface area contributed by atoms with E-state index in [0.717, 1.165) is 4.47 Å². The molecule has 1 aliphatic rings. The Balaban J connectivity index is 2.41. The van der Waals surface area contributed by atoms with Gasteiger partial charge in [-0.25, -0.2) is 13.2 Å². The summed E-state index contributed by atoms with van der Waals surface area (Å²) < 4.78 is 31.3. The van der Waals surface area contributed by atoms with Crippen molar-refractivity contribution < 1.29 is 27.9 Å². The molecule has 0 bridgehead atoms. The van der Waals surface area contributed by atoms with E-state index in [0.29, 0.717) is 16.7 Å². The third kappa shape index (κ3) is 3.13. The van der Waals surface area contributed by atoms with E-state index in [1.54, 1.807) is 19.9 Å². The maximum absolute atomic E-state index is 12.6. The first-order valence-electron chi connectivity index (χ1n) is 6.50. The van der Waals surface area contributed by atoms with Crippen LogP contribution in [0.15, 0.2) is 29.2 Å². The molecule has 1 aromatic rings. The molecule has 8 heteroatoms. The van der Waals surface area contributed by atoms with Crippen molar-refractivity contribution in [3.05, 3.63) is 35.4 Å². The van der Waals surface area contributed by atoms with Crippen LogP contribution in [0.3, 0.4) is 0 Å². The zero-order valence-electron chi connectivity index (χ0n) is 12.3. The van der Waals surface area contributed by atoms with Crippen LogP contribution < -0.4 is 4.74 Å². The first-order chi connectivity index (χ1) is 10.2. The Morgan fingerprint density at radius 1 is 1.45 bits per heavy atom. The number of ether oxygens (including phenoxy) is 1. The van der Waals surface area contributed by atoms with Gasteiger partial charge in [0.05, 0.1) is 18.0 Å². The Morgan fingerprint density at radius 2 is 2.14 bits per heavy atom. The zero-order chi connectivity index (χ0) is 16.5. The number of hydrogen-bond acceptors (Lipinski definition) is 5. The number of carbonyl (C=O) groups is 1. The van der Waals surface area contributed by atoms with E-state index in [1.165, 1.54) is 6.07 Å². The van der Waals surface area contributed by atoms with Gasteiger partial charge in [-0.2, -0.15) is 0 Å². The van der Waals surface area contributed by atoms with Gasteiger partial charge in [0.25, 0.3) is 10.0 Å². The Bertz CT molecular complexity index is 725. The number of sulfonamides is 1. The minimum atomic E-state index is -3.86. The van der Waals surface area contributed by atoms with Crippen molar-refractivity contribution in [2.24, 2.45) is 0 Å². The summed E-state index contributed by atoms with van der Waals surface area (Å²) in [5.41, 5.74) is 1.67. The lowest BCUT2D eigenvalue weighted by Crippen LogP contribution is -2.27. The van der Waals surface area contributed by atoms with Crippen LogP contribution in [0, 0.1) is 13.8 Å². The summed E-state index contributed by atoms with van der Waals surface area (Å²) in [5, 5.41) is 8.71. The molecular weight excluding hydrogens is 310 g/mol. The number of carboxylic acid groups (broad SMARTS) is 1. The lowest BCUT2D eigenvalue weighted by Gasteiger charge is -2.18. The van der Waals surface area contributed by atoms with E-state index < -0.39 is 22.6 Å². The molecule has 7 nitrogen and oxygen atoms in total. The molecule has 1 aromatic carbocycles. The summed E-state index contributed by atoms with van der Waals surface area (Å²) in [7, 11) is -3.86. The van der Waals surface area contributed by atoms with Crippen LogP contribution in [-0.4, -0.2) is 43.7 Å². The highest BCUT2D eigenvalue weighted by Crippen LogP contribution is 2.32. The number of hydrogen-bond donors (Lipinski definition) is 1. The molecule has 120 valence electrons. The highest BCUT2D eigenvalue weighted by Gasteiger charge is 2.32. The predicted molar refractivity (Wildman–Crippen MR) is 78.0 cm³/mol. The van der Waals surface area contributed by atoms with E-state index in [2.05, 4.69) is 6.58 Å². The Labute approximate surface area is 128 Å². The van der Waals surface area contributed by atoms with Crippen molar-refractivity contribution in [3.63, 3.8) is 0 Å². The summed E-state index contributed by atoms with van der Waals surface area (Å²) in [4.78, 5) is 15.8. The van der Waals surface area contributed by atoms with Gasteiger partial charge in [-0.15, -0.1) is 0 Å². The fraction of sp³-hybridized carbons (Fsp3) is 0.357. The fourth-order valence-corrected chi connectivity index (χ4v) is 3.63. The molecular formula is C14H17NO6S. The van der Waals surface area contributed by atoms with E-state index in [9.17, 15) is 13.2 Å². The summed E-state index contributed by atoms with van der Waals surface area (Å²) in [5.74, 6) is -0.882. The summed E-state index contributed by atoms with van der Waals surface area (Å²) in [6, 6.07) is 3.03. The Morgan fingerprint density at radius 3 is 2.68 bits per heavy atom. The molecule has 1 N–H and O–H groups in total. The average molecular weight is 327 g/mol. The normalized spacial score (nSPS) is 16.0. The topological polar surface area (TPSA) is 93.1 Å². The average Bonchev–Trinajstić information content (AvgIpc) is 2.85. The van der Waals surface area contributed by atoms with Crippen molar-refractivity contribution >= 4 is 16.0 Å². The van der Waals surface area contributed by atoms with Crippen molar-refractivity contribution in [1.29, 1.82) is 0 Å². The molecule has 0 saturated carbocycles. The lowest BCUT2D eigenvalue weighted by molar-refractivity contribution is -0.139. The molecule has 0 aliphatic carbocycles. The maximum Gasteiger partial charge on any atom is 0.341 e. The highest BCUT2D eigenvalue weighted by atomic mass is 32.2. The second-order valence-corrected chi connectivity index (χ2v) is 6.80. The van der Waals surface area contributed by atoms with Crippen molar-refractivity contribution in [3.8, 4) is 5.75 Å². The van der Waals surface area contributed by atoms with Gasteiger partial charge in [0, 0.05) is 5.56 Å². The molecule has 0 spiro atoms. The van der Waals surface area contributed by atoms with E-state index >= 15 is 0 Å². The summed E-state index contributed by atoms with van der Waals surface area (Å²) in [6.07, 6.45) is 0. The quantitative estimate of drug-likeness (QED) is 0.818. The fourth-order valence-electron chi connectivity index (χ4n) is 2.15. The standard InChI is InChI=1S/C14H17NO6S/c1-9-6-15(21-7-9)22(18,19)12-5-4-10(2)14(11(12)3)20-8-13(16)17/h4-5H,1,6-8H2,2-3H3,(H,16,17). The number of nitrogens with zero attached hydrogens (tertiary/aromatic N) is 1. The van der Waals surface area contributed by atoms with Gasteiger partial charge < -0.3 is 9.84 Å². The number of carboxylic acids is 1. The minimum absolute atomic E-state index is 0.0215. The maximum atomic E-state index is 12.6. The Hall–Kier alpha value is -1.90. The molecule has 0 amide bonds. The SMILES string of the molecule is C=C1CON(S(=O)(=O)c2ccc(C)c(OCC(=O)O)c2C)C1. The molecule has 2 rings (SSSR count). The van der Waals surface area contributed by atoms with Crippen molar-refractivity contribution in [2.75, 3.05) is 19.8 Å². The largest absolute Gasteiger partial charge is 0.481 e. The molecule has 1 fully saturated rings. The van der Waals surface area contributed by atoms with E-state index in [1.807, 2.05) is 0 Å². The van der Waals surface area contributed by atoms with Crippen LogP contribution in [0.4, 0.5) is 0 Å². The molecule has 1 saturated heterocycles. The predicted octanol–water partition coefficient (Wildman–Crippen LogP) is 1.26. The van der Waals surface area contributed by atoms with Crippen LogP contribution in [0.25, 0.3) is 0 Å². The van der Waals surface area contributed by atoms with Gasteiger partial charge in [0.1, 0.15) is 5.75 Å². The second kappa shape index (κ2) is 6.07. The van der Waals surface area contributed by atoms with E-state index in [-0.39, 0.29) is 23.8 Å².